The van der Waals surface area contributed by atoms with E-state index in [1.54, 1.807) is 10.8 Å². The molecule has 0 amide bonds. The van der Waals surface area contributed by atoms with Gasteiger partial charge in [-0.05, 0) is 19.7 Å². The minimum atomic E-state index is 0.986. The lowest BCUT2D eigenvalue weighted by Crippen LogP contribution is -1.90. The molecule has 0 fully saturated rings. The fourth-order valence-electron chi connectivity index (χ4n) is 2.22. The van der Waals surface area contributed by atoms with Crippen LogP contribution in [0, 0.1) is 0 Å². The Labute approximate surface area is 404 Å². The Morgan fingerprint density at radius 3 is 0.796 bits per heavy atom. The molecule has 0 aromatic carbocycles. The summed E-state index contributed by atoms with van der Waals surface area (Å²) in [4.78, 5) is 0. The fraction of sp³-hybridized carbons (Fsp3) is 1.00. The van der Waals surface area contributed by atoms with E-state index in [1.165, 1.54) is 120 Å². The van der Waals surface area contributed by atoms with Gasteiger partial charge in [-0.1, -0.05) is 183 Å². The molecule has 0 nitrogen and oxygen atoms in total. The van der Waals surface area contributed by atoms with Crippen molar-refractivity contribution in [1.82, 2.24) is 0 Å². The van der Waals surface area contributed by atoms with E-state index in [2.05, 4.69) is 136 Å². The maximum Gasteiger partial charge on any atom is 0.0600 e. The molecule has 0 rings (SSSR count). The first-order chi connectivity index (χ1) is 24.4. The third-order valence-electron chi connectivity index (χ3n) is 4.07. The molecular weight excluding hydrogens is 1090 g/mol. The second kappa shape index (κ2) is 56.8. The third-order valence-corrected chi connectivity index (χ3v) is 37.0. The van der Waals surface area contributed by atoms with Gasteiger partial charge in [0.2, 0.25) is 0 Å². The third kappa shape index (κ3) is 56.8. The zero-order valence-corrected chi connectivity index (χ0v) is 47.8. The second-order valence-corrected chi connectivity index (χ2v) is 39.9. The summed E-state index contributed by atoms with van der Waals surface area (Å²) in [6.45, 7) is 0. The Kier molecular flexibility index (Phi) is 66.9. The molecule has 296 valence electrons. The summed E-state index contributed by atoms with van der Waals surface area (Å²) >= 11 is 16.8. The van der Waals surface area contributed by atoms with Crippen molar-refractivity contribution < 1.29 is 0 Å². The van der Waals surface area contributed by atoms with Crippen molar-refractivity contribution in [3.05, 3.63) is 0 Å². The van der Waals surface area contributed by atoms with Crippen LogP contribution in [0.25, 0.3) is 0 Å². The van der Waals surface area contributed by atoms with Crippen molar-refractivity contribution in [2.45, 2.75) is 0 Å². The topological polar surface area (TPSA) is 0 Å². The summed E-state index contributed by atoms with van der Waals surface area (Å²) in [5.41, 5.74) is 0. The molecule has 0 saturated carbocycles. The van der Waals surface area contributed by atoms with Gasteiger partial charge in [0.25, 0.3) is 0 Å². The van der Waals surface area contributed by atoms with Crippen molar-refractivity contribution in [2.24, 2.45) is 0 Å². The summed E-state index contributed by atoms with van der Waals surface area (Å²) in [5.74, 6) is 27.6. The highest BCUT2D eigenvalue weighted by atomic mass is 33.7. The van der Waals surface area contributed by atoms with Gasteiger partial charge in [0.05, 0.1) is 10.2 Å². The minimum absolute atomic E-state index is 0.986. The molecule has 0 saturated heterocycles. The van der Waals surface area contributed by atoms with Gasteiger partial charge < -0.3 is 0 Å². The van der Waals surface area contributed by atoms with Gasteiger partial charge in [0.1, 0.15) is 0 Å². The first-order valence-electron chi connectivity index (χ1n) is 14.9. The summed E-state index contributed by atoms with van der Waals surface area (Å²) < 4.78 is 0. The number of rotatable bonds is 46. The van der Waals surface area contributed by atoms with Crippen LogP contribution in [0.2, 0.25) is 0 Å². The maximum absolute atomic E-state index is 4.24. The summed E-state index contributed by atoms with van der Waals surface area (Å²) in [6, 6.07) is 0. The molecule has 0 unspecified atom stereocenters. The quantitative estimate of drug-likeness (QED) is 0.0257. The van der Waals surface area contributed by atoms with Crippen LogP contribution in [0.15, 0.2) is 0 Å². The number of hydrogen-bond donors (Lipinski definition) is 2. The Hall–Kier alpha value is 8.75. The SMILES string of the molecule is SCCSSCCSCCSSCSSCCSSSSCCSSCCSCCSSCCSCCSSCCSCCSSCSS. The highest BCUT2D eigenvalue weighted by Gasteiger charge is 2.00. The van der Waals surface area contributed by atoms with E-state index in [9.17, 15) is 0 Å². The highest BCUT2D eigenvalue weighted by Crippen LogP contribution is 2.44. The lowest BCUT2D eigenvalue weighted by atomic mass is 10.9. The first kappa shape index (κ1) is 57.8. The van der Waals surface area contributed by atoms with E-state index in [-0.39, 0.29) is 0 Å². The molecule has 0 heterocycles. The standard InChI is InChI=1S/C24H50S25/c25-1-2-32-33-11-3-29-10-18-41-46-24-47-42-20-22-44-49-48-43-21-19-39-38-16-8-28-6-14-35-34-12-4-27-5-13-36-37-15-7-30-9-17-40-45-23-31-26/h25-26H,1-24H2. The van der Waals surface area contributed by atoms with Gasteiger partial charge in [0.15, 0.2) is 0 Å². The van der Waals surface area contributed by atoms with E-state index in [0.717, 1.165) is 16.6 Å². The van der Waals surface area contributed by atoms with E-state index >= 15 is 0 Å². The normalized spacial score (nSPS) is 11.6. The second-order valence-electron chi connectivity index (χ2n) is 7.71. The van der Waals surface area contributed by atoms with Crippen LogP contribution in [-0.4, -0.2) is 137 Å². The molecule has 25 heteroatoms. The van der Waals surface area contributed by atoms with Gasteiger partial charge in [-0.2, -0.15) is 59.7 Å². The van der Waals surface area contributed by atoms with Crippen molar-refractivity contribution in [1.29, 1.82) is 0 Å². The van der Waals surface area contributed by atoms with Crippen molar-refractivity contribution >= 4 is 274 Å². The summed E-state index contributed by atoms with van der Waals surface area (Å²) in [5, 5.41) is 2.27. The zero-order chi connectivity index (χ0) is 35.2. The molecule has 0 N–H and O–H groups in total. The monoisotopic (exact) mass is 1140 g/mol. The van der Waals surface area contributed by atoms with Gasteiger partial charge >= 0.3 is 0 Å². The van der Waals surface area contributed by atoms with Crippen LogP contribution < -0.4 is 0 Å². The molecule has 0 aliphatic rings. The largest absolute Gasteiger partial charge is 0.178 e. The van der Waals surface area contributed by atoms with Gasteiger partial charge in [0, 0.05) is 127 Å². The van der Waals surface area contributed by atoms with Crippen LogP contribution in [-0.2, 0) is 0 Å². The molecule has 0 atom stereocenters. The average Bonchev–Trinajstić information content (AvgIpc) is 3.11. The molecule has 0 aliphatic carbocycles. The van der Waals surface area contributed by atoms with Crippen molar-refractivity contribution in [3.63, 3.8) is 0 Å². The zero-order valence-electron chi connectivity index (χ0n) is 27.3. The van der Waals surface area contributed by atoms with Gasteiger partial charge in [-0.15, -0.1) is 11.7 Å². The highest BCUT2D eigenvalue weighted by molar-refractivity contribution is 9.26. The number of thioether (sulfide) groups is 4. The molecule has 0 bridgehead atoms. The predicted octanol–water partition coefficient (Wildman–Crippen LogP) is 16.7. The van der Waals surface area contributed by atoms with Crippen molar-refractivity contribution in [3.8, 4) is 0 Å². The molecule has 0 aliphatic heterocycles. The number of hydrogen-bond acceptors (Lipinski definition) is 25. The van der Waals surface area contributed by atoms with E-state index in [4.69, 9.17) is 0 Å². The molecular formula is C24H50S25. The fourth-order valence-corrected chi connectivity index (χ4v) is 34.4. The van der Waals surface area contributed by atoms with Crippen molar-refractivity contribution in [2.75, 3.05) is 137 Å². The number of thiol groups is 2. The van der Waals surface area contributed by atoms with Crippen LogP contribution in [0.5, 0.6) is 0 Å². The Morgan fingerprint density at radius 2 is 0.490 bits per heavy atom. The van der Waals surface area contributed by atoms with Crippen LogP contribution in [0.3, 0.4) is 0 Å². The minimum Gasteiger partial charge on any atom is -0.178 e. The molecule has 0 aromatic heterocycles. The first-order valence-corrected chi connectivity index (χ1v) is 44.7. The Bertz CT molecular complexity index is 525. The summed E-state index contributed by atoms with van der Waals surface area (Å²) in [7, 11) is 37.9. The smallest absolute Gasteiger partial charge is 0.0600 e. The predicted molar refractivity (Wildman–Crippen MR) is 309 cm³/mol. The van der Waals surface area contributed by atoms with E-state index in [1.807, 2.05) is 128 Å². The average molecular weight is 1140 g/mol. The van der Waals surface area contributed by atoms with Crippen LogP contribution in [0.4, 0.5) is 0 Å². The Balaban J connectivity index is 3.04. The summed E-state index contributed by atoms with van der Waals surface area (Å²) in [6.07, 6.45) is 0. The van der Waals surface area contributed by atoms with Crippen LogP contribution >= 0.6 is 274 Å². The van der Waals surface area contributed by atoms with Gasteiger partial charge in [-0.25, -0.2) is 0 Å². The molecule has 0 spiro atoms. The lowest BCUT2D eigenvalue weighted by molar-refractivity contribution is 1.49. The maximum atomic E-state index is 4.24. The van der Waals surface area contributed by atoms with Gasteiger partial charge in [-0.3, -0.25) is 0 Å². The molecule has 49 heavy (non-hydrogen) atoms. The van der Waals surface area contributed by atoms with E-state index in [0.29, 0.717) is 0 Å². The molecule has 0 radical (unpaired) electrons. The van der Waals surface area contributed by atoms with E-state index < -0.39 is 0 Å². The lowest BCUT2D eigenvalue weighted by Gasteiger charge is -2.04. The van der Waals surface area contributed by atoms with Crippen LogP contribution in [0.1, 0.15) is 0 Å². The molecule has 0 aromatic rings. The Morgan fingerprint density at radius 1 is 0.245 bits per heavy atom.